The molecule has 0 bridgehead atoms. The summed E-state index contributed by atoms with van der Waals surface area (Å²) in [5.41, 5.74) is 3.42. The van der Waals surface area contributed by atoms with Gasteiger partial charge in [0.15, 0.2) is 0 Å². The lowest BCUT2D eigenvalue weighted by molar-refractivity contribution is 0.0952. The Kier molecular flexibility index (Phi) is 5.12. The van der Waals surface area contributed by atoms with Gasteiger partial charge in [-0.05, 0) is 29.8 Å². The maximum atomic E-state index is 11.8. The molecule has 0 spiro atoms. The van der Waals surface area contributed by atoms with Crippen LogP contribution >= 0.6 is 11.6 Å². The van der Waals surface area contributed by atoms with E-state index in [0.717, 1.165) is 5.56 Å². The largest absolute Gasteiger partial charge is 0.507 e. The van der Waals surface area contributed by atoms with Gasteiger partial charge in [-0.15, -0.1) is 0 Å². The van der Waals surface area contributed by atoms with E-state index in [1.165, 1.54) is 24.4 Å². The van der Waals surface area contributed by atoms with Crippen LogP contribution in [0, 0.1) is 0 Å². The Hall–Kier alpha value is -2.59. The van der Waals surface area contributed by atoms with Gasteiger partial charge in [-0.25, -0.2) is 5.43 Å². The van der Waals surface area contributed by atoms with Crippen LogP contribution in [0.5, 0.6) is 5.75 Å². The van der Waals surface area contributed by atoms with Gasteiger partial charge in [-0.2, -0.15) is 5.10 Å². The number of rotatable bonds is 4. The highest BCUT2D eigenvalue weighted by Crippen LogP contribution is 2.21. The first-order valence-corrected chi connectivity index (χ1v) is 6.58. The number of hydrazone groups is 1. The van der Waals surface area contributed by atoms with Crippen molar-refractivity contribution in [2.75, 3.05) is 0 Å². The third kappa shape index (κ3) is 4.47. The standard InChI is InChI=1S/C16H13ClN2O2/c17-13-8-9-15(20)14(11-13)16(21)19-18-10-4-7-12-5-2-1-3-6-12/h1-11,20H,(H,19,21)/b7-4+,18-10?. The fourth-order valence-corrected chi connectivity index (χ4v) is 1.78. The predicted octanol–water partition coefficient (Wildman–Crippen LogP) is 3.47. The predicted molar refractivity (Wildman–Crippen MR) is 84.6 cm³/mol. The first kappa shape index (κ1) is 14.8. The third-order valence-corrected chi connectivity index (χ3v) is 2.85. The Balaban J connectivity index is 1.93. The van der Waals surface area contributed by atoms with E-state index >= 15 is 0 Å². The van der Waals surface area contributed by atoms with Gasteiger partial charge in [0.2, 0.25) is 0 Å². The van der Waals surface area contributed by atoms with Crippen molar-refractivity contribution in [3.63, 3.8) is 0 Å². The monoisotopic (exact) mass is 300 g/mol. The molecule has 2 N–H and O–H groups in total. The number of nitrogens with zero attached hydrogens (tertiary/aromatic N) is 1. The SMILES string of the molecule is O=C(NN=C/C=C/c1ccccc1)c1cc(Cl)ccc1O. The van der Waals surface area contributed by atoms with Crippen LogP contribution in [0.1, 0.15) is 15.9 Å². The van der Waals surface area contributed by atoms with E-state index in [-0.39, 0.29) is 11.3 Å². The van der Waals surface area contributed by atoms with E-state index in [1.807, 2.05) is 36.4 Å². The van der Waals surface area contributed by atoms with E-state index in [4.69, 9.17) is 11.6 Å². The highest BCUT2D eigenvalue weighted by molar-refractivity contribution is 6.31. The Bertz CT molecular complexity index is 682. The summed E-state index contributed by atoms with van der Waals surface area (Å²) in [5, 5.41) is 13.7. The lowest BCUT2D eigenvalue weighted by Gasteiger charge is -2.02. The summed E-state index contributed by atoms with van der Waals surface area (Å²) in [6.45, 7) is 0. The zero-order valence-electron chi connectivity index (χ0n) is 11.0. The second-order valence-electron chi connectivity index (χ2n) is 4.15. The van der Waals surface area contributed by atoms with E-state index in [9.17, 15) is 9.90 Å². The van der Waals surface area contributed by atoms with Crippen LogP contribution in [0.3, 0.4) is 0 Å². The average molecular weight is 301 g/mol. The highest BCUT2D eigenvalue weighted by atomic mass is 35.5. The molecule has 2 aromatic carbocycles. The van der Waals surface area contributed by atoms with Crippen molar-refractivity contribution in [1.82, 2.24) is 5.43 Å². The Morgan fingerprint density at radius 2 is 1.95 bits per heavy atom. The van der Waals surface area contributed by atoms with Crippen molar-refractivity contribution in [2.24, 2.45) is 5.10 Å². The fourth-order valence-electron chi connectivity index (χ4n) is 1.61. The van der Waals surface area contributed by atoms with E-state index in [2.05, 4.69) is 10.5 Å². The number of allylic oxidation sites excluding steroid dienone is 1. The molecule has 21 heavy (non-hydrogen) atoms. The molecule has 0 unspecified atom stereocenters. The van der Waals surface area contributed by atoms with Crippen molar-refractivity contribution in [2.45, 2.75) is 0 Å². The van der Waals surface area contributed by atoms with E-state index in [0.29, 0.717) is 5.02 Å². The lowest BCUT2D eigenvalue weighted by Crippen LogP contribution is -2.17. The van der Waals surface area contributed by atoms with Gasteiger partial charge in [0.25, 0.3) is 5.91 Å². The summed E-state index contributed by atoms with van der Waals surface area (Å²) in [5.74, 6) is -0.675. The quantitative estimate of drug-likeness (QED) is 0.671. The third-order valence-electron chi connectivity index (χ3n) is 2.62. The summed E-state index contributed by atoms with van der Waals surface area (Å²) in [7, 11) is 0. The normalized spacial score (nSPS) is 11.1. The van der Waals surface area contributed by atoms with Crippen LogP contribution in [-0.2, 0) is 0 Å². The Morgan fingerprint density at radius 3 is 2.71 bits per heavy atom. The molecule has 0 aliphatic rings. The van der Waals surface area contributed by atoms with Crippen LogP contribution in [0.25, 0.3) is 6.08 Å². The molecule has 5 heteroatoms. The van der Waals surface area contributed by atoms with Crippen LogP contribution in [0.4, 0.5) is 0 Å². The molecule has 0 aliphatic carbocycles. The molecule has 0 saturated carbocycles. The van der Waals surface area contributed by atoms with Crippen LogP contribution in [-0.4, -0.2) is 17.2 Å². The second kappa shape index (κ2) is 7.26. The minimum Gasteiger partial charge on any atom is -0.507 e. The minimum atomic E-state index is -0.528. The Morgan fingerprint density at radius 1 is 1.19 bits per heavy atom. The number of halogens is 1. The molecule has 0 aromatic heterocycles. The maximum absolute atomic E-state index is 11.8. The number of phenols is 1. The van der Waals surface area contributed by atoms with Crippen molar-refractivity contribution >= 4 is 29.8 Å². The molecule has 1 amide bonds. The number of phenolic OH excluding ortho intramolecular Hbond substituents is 1. The van der Waals surface area contributed by atoms with Gasteiger partial charge < -0.3 is 5.11 Å². The summed E-state index contributed by atoms with van der Waals surface area (Å²) >= 11 is 5.77. The molecule has 0 aliphatic heterocycles. The van der Waals surface area contributed by atoms with Crippen LogP contribution < -0.4 is 5.43 Å². The van der Waals surface area contributed by atoms with Gasteiger partial charge in [0, 0.05) is 11.2 Å². The minimum absolute atomic E-state index is 0.0756. The molecule has 0 atom stereocenters. The van der Waals surface area contributed by atoms with Crippen molar-refractivity contribution in [3.05, 3.63) is 70.8 Å². The molecule has 2 rings (SSSR count). The van der Waals surface area contributed by atoms with Gasteiger partial charge in [-0.1, -0.05) is 48.0 Å². The number of carbonyl (C=O) groups is 1. The van der Waals surface area contributed by atoms with Crippen molar-refractivity contribution < 1.29 is 9.90 Å². The number of hydrogen-bond donors (Lipinski definition) is 2. The molecule has 2 aromatic rings. The first-order chi connectivity index (χ1) is 10.2. The highest BCUT2D eigenvalue weighted by Gasteiger charge is 2.10. The molecule has 106 valence electrons. The van der Waals surface area contributed by atoms with Gasteiger partial charge in [-0.3, -0.25) is 4.79 Å². The first-order valence-electron chi connectivity index (χ1n) is 6.20. The molecule has 4 nitrogen and oxygen atoms in total. The fraction of sp³-hybridized carbons (Fsp3) is 0. The van der Waals surface area contributed by atoms with Gasteiger partial charge in [0.1, 0.15) is 5.75 Å². The maximum Gasteiger partial charge on any atom is 0.275 e. The molecule has 0 fully saturated rings. The van der Waals surface area contributed by atoms with Crippen molar-refractivity contribution in [1.29, 1.82) is 0 Å². The zero-order chi connectivity index (χ0) is 15.1. The molecule has 0 radical (unpaired) electrons. The zero-order valence-corrected chi connectivity index (χ0v) is 11.8. The van der Waals surface area contributed by atoms with Crippen LogP contribution in [0.15, 0.2) is 59.7 Å². The summed E-state index contributed by atoms with van der Waals surface area (Å²) in [6.07, 6.45) is 5.01. The van der Waals surface area contributed by atoms with E-state index in [1.54, 1.807) is 6.08 Å². The molecular formula is C16H13ClN2O2. The lowest BCUT2D eigenvalue weighted by atomic mass is 10.2. The molecule has 0 saturated heterocycles. The number of aromatic hydroxyl groups is 1. The van der Waals surface area contributed by atoms with Gasteiger partial charge >= 0.3 is 0 Å². The summed E-state index contributed by atoms with van der Waals surface area (Å²) < 4.78 is 0. The summed E-state index contributed by atoms with van der Waals surface area (Å²) in [4.78, 5) is 11.8. The van der Waals surface area contributed by atoms with Crippen molar-refractivity contribution in [3.8, 4) is 5.75 Å². The number of hydrogen-bond acceptors (Lipinski definition) is 3. The summed E-state index contributed by atoms with van der Waals surface area (Å²) in [6, 6.07) is 13.9. The number of benzene rings is 2. The number of carbonyl (C=O) groups excluding carboxylic acids is 1. The van der Waals surface area contributed by atoms with Crippen LogP contribution in [0.2, 0.25) is 5.02 Å². The van der Waals surface area contributed by atoms with E-state index < -0.39 is 5.91 Å². The number of nitrogens with one attached hydrogen (secondary N) is 1. The second-order valence-corrected chi connectivity index (χ2v) is 4.59. The number of amides is 1. The molecule has 0 heterocycles. The average Bonchev–Trinajstić information content (AvgIpc) is 2.50. The Labute approximate surface area is 127 Å². The smallest absolute Gasteiger partial charge is 0.275 e. The topological polar surface area (TPSA) is 61.7 Å². The van der Waals surface area contributed by atoms with Gasteiger partial charge in [0.05, 0.1) is 5.56 Å². The molecular weight excluding hydrogens is 288 g/mol.